The first-order valence-corrected chi connectivity index (χ1v) is 21.6. The van der Waals surface area contributed by atoms with Gasteiger partial charge >= 0.3 is 19.8 Å². The van der Waals surface area contributed by atoms with Crippen LogP contribution in [0.2, 0.25) is 0 Å². The van der Waals surface area contributed by atoms with Crippen LogP contribution < -0.4 is 5.73 Å². The van der Waals surface area contributed by atoms with Crippen LogP contribution >= 0.6 is 7.82 Å². The molecule has 1 unspecified atom stereocenters. The van der Waals surface area contributed by atoms with Crippen LogP contribution in [0.1, 0.15) is 168 Å². The minimum absolute atomic E-state index is 0.0451. The van der Waals surface area contributed by atoms with E-state index in [4.69, 9.17) is 24.3 Å². The van der Waals surface area contributed by atoms with Crippen LogP contribution in [-0.4, -0.2) is 49.3 Å². The lowest BCUT2D eigenvalue weighted by Gasteiger charge is -2.19. The zero-order chi connectivity index (χ0) is 37.5. The number of phosphoric acid groups is 1. The van der Waals surface area contributed by atoms with Crippen molar-refractivity contribution in [1.82, 2.24) is 0 Å². The fourth-order valence-electron chi connectivity index (χ4n) is 5.25. The summed E-state index contributed by atoms with van der Waals surface area (Å²) in [7, 11) is -4.39. The second-order valence-corrected chi connectivity index (χ2v) is 14.6. The molecule has 10 heteroatoms. The lowest BCUT2D eigenvalue weighted by Crippen LogP contribution is -2.29. The summed E-state index contributed by atoms with van der Waals surface area (Å²) >= 11 is 0. The molecular formula is C41H74NO8P. The van der Waals surface area contributed by atoms with Crippen molar-refractivity contribution in [3.05, 3.63) is 48.6 Å². The predicted molar refractivity (Wildman–Crippen MR) is 210 cm³/mol. The molecule has 0 aliphatic heterocycles. The van der Waals surface area contributed by atoms with Crippen molar-refractivity contribution in [2.24, 2.45) is 5.73 Å². The fraction of sp³-hybridized carbons (Fsp3) is 0.756. The average Bonchev–Trinajstić information content (AvgIpc) is 3.11. The number of hydrogen-bond donors (Lipinski definition) is 2. The van der Waals surface area contributed by atoms with Crippen LogP contribution in [0.3, 0.4) is 0 Å². The molecule has 0 aromatic rings. The number of hydrogen-bond acceptors (Lipinski definition) is 8. The van der Waals surface area contributed by atoms with Crippen molar-refractivity contribution >= 4 is 19.8 Å². The molecule has 3 N–H and O–H groups in total. The second-order valence-electron chi connectivity index (χ2n) is 13.1. The van der Waals surface area contributed by atoms with Crippen LogP contribution in [0.4, 0.5) is 0 Å². The summed E-state index contributed by atoms with van der Waals surface area (Å²) in [6.07, 6.45) is 41.5. The van der Waals surface area contributed by atoms with E-state index in [-0.39, 0.29) is 32.6 Å². The van der Waals surface area contributed by atoms with Crippen molar-refractivity contribution in [2.45, 2.75) is 174 Å². The molecule has 0 aliphatic carbocycles. The minimum Gasteiger partial charge on any atom is -0.462 e. The summed E-state index contributed by atoms with van der Waals surface area (Å²) in [6.45, 7) is 3.55. The Bertz CT molecular complexity index is 981. The molecule has 9 nitrogen and oxygen atoms in total. The van der Waals surface area contributed by atoms with Crippen molar-refractivity contribution in [3.8, 4) is 0 Å². The van der Waals surface area contributed by atoms with Gasteiger partial charge in [-0.15, -0.1) is 0 Å². The average molecular weight is 740 g/mol. The third kappa shape index (κ3) is 37.5. The quantitative estimate of drug-likeness (QED) is 0.0276. The molecule has 0 aromatic carbocycles. The first-order chi connectivity index (χ1) is 24.8. The van der Waals surface area contributed by atoms with E-state index in [0.29, 0.717) is 12.8 Å². The van der Waals surface area contributed by atoms with E-state index in [9.17, 15) is 19.0 Å². The van der Waals surface area contributed by atoms with Gasteiger partial charge in [0.05, 0.1) is 13.2 Å². The summed E-state index contributed by atoms with van der Waals surface area (Å²) in [4.78, 5) is 34.7. The highest BCUT2D eigenvalue weighted by atomic mass is 31.2. The van der Waals surface area contributed by atoms with Gasteiger partial charge in [0.25, 0.3) is 0 Å². The van der Waals surface area contributed by atoms with E-state index in [0.717, 1.165) is 64.2 Å². The first kappa shape index (κ1) is 49.0. The predicted octanol–water partition coefficient (Wildman–Crippen LogP) is 11.2. The minimum atomic E-state index is -4.39. The number of carbonyl (C=O) groups excluding carboxylic acids is 2. The number of unbranched alkanes of at least 4 members (excludes halogenated alkanes) is 16. The van der Waals surface area contributed by atoms with Gasteiger partial charge in [0.1, 0.15) is 6.61 Å². The van der Waals surface area contributed by atoms with E-state index in [1.54, 1.807) is 0 Å². The van der Waals surface area contributed by atoms with E-state index >= 15 is 0 Å². The Labute approximate surface area is 311 Å². The normalized spacial score (nSPS) is 13.9. The van der Waals surface area contributed by atoms with Crippen molar-refractivity contribution in [3.63, 3.8) is 0 Å². The third-order valence-electron chi connectivity index (χ3n) is 8.21. The number of rotatable bonds is 37. The molecule has 0 saturated carbocycles. The Morgan fingerprint density at radius 3 is 1.71 bits per heavy atom. The topological polar surface area (TPSA) is 134 Å². The Morgan fingerprint density at radius 2 is 1.12 bits per heavy atom. The number of phosphoric ester groups is 1. The maximum Gasteiger partial charge on any atom is 0.472 e. The molecule has 0 radical (unpaired) electrons. The molecule has 296 valence electrons. The maximum atomic E-state index is 12.5. The van der Waals surface area contributed by atoms with Gasteiger partial charge in [0.15, 0.2) is 6.10 Å². The third-order valence-corrected chi connectivity index (χ3v) is 9.20. The van der Waals surface area contributed by atoms with Gasteiger partial charge in [0, 0.05) is 19.4 Å². The second kappa shape index (κ2) is 37.7. The molecule has 0 heterocycles. The standard InChI is InChI=1S/C41H74NO8P/c1-3-5-7-9-11-13-15-17-19-21-23-25-27-29-31-33-40(43)47-37-39(38-49-51(45,46)48-36-35-42)50-41(44)34-32-30-28-26-24-22-20-18-16-14-12-10-8-6-4-2/h6,8,12,14,18,20,27,29,39H,3-5,7,9-11,13,15-17,19,21-26,28,30-38,42H2,1-2H3,(H,45,46)/b8-6+,14-12+,20-18+,29-27+/t39-/m1/s1. The molecule has 0 spiro atoms. The Kier molecular flexibility index (Phi) is 36.2. The van der Waals surface area contributed by atoms with Crippen LogP contribution in [-0.2, 0) is 32.7 Å². The molecule has 0 aliphatic rings. The molecule has 0 saturated heterocycles. The molecular weight excluding hydrogens is 665 g/mol. The number of allylic oxidation sites excluding steroid dienone is 8. The summed E-state index contributed by atoms with van der Waals surface area (Å²) in [5.74, 6) is -0.907. The van der Waals surface area contributed by atoms with Gasteiger partial charge < -0.3 is 20.1 Å². The molecule has 2 atom stereocenters. The summed E-state index contributed by atoms with van der Waals surface area (Å²) in [5, 5.41) is 0. The smallest absolute Gasteiger partial charge is 0.462 e. The van der Waals surface area contributed by atoms with E-state index in [2.05, 4.69) is 56.4 Å². The molecule has 0 amide bonds. The Morgan fingerprint density at radius 1 is 0.608 bits per heavy atom. The number of nitrogens with two attached hydrogens (primary N) is 1. The molecule has 0 fully saturated rings. The van der Waals surface area contributed by atoms with Crippen molar-refractivity contribution in [2.75, 3.05) is 26.4 Å². The highest BCUT2D eigenvalue weighted by Crippen LogP contribution is 2.43. The van der Waals surface area contributed by atoms with Crippen LogP contribution in [0.15, 0.2) is 48.6 Å². The summed E-state index contributed by atoms with van der Waals surface area (Å²) in [5.41, 5.74) is 5.33. The van der Waals surface area contributed by atoms with Gasteiger partial charge in [-0.2, -0.15) is 0 Å². The van der Waals surface area contributed by atoms with Crippen molar-refractivity contribution < 1.29 is 37.6 Å². The summed E-state index contributed by atoms with van der Waals surface area (Å²) in [6, 6.07) is 0. The molecule has 0 rings (SSSR count). The van der Waals surface area contributed by atoms with Gasteiger partial charge in [-0.25, -0.2) is 4.57 Å². The number of esters is 2. The monoisotopic (exact) mass is 740 g/mol. The molecule has 51 heavy (non-hydrogen) atoms. The van der Waals surface area contributed by atoms with Gasteiger partial charge in [-0.05, 0) is 57.8 Å². The Balaban J connectivity index is 4.26. The van der Waals surface area contributed by atoms with Gasteiger partial charge in [-0.1, -0.05) is 146 Å². The Hall–Kier alpha value is -2.03. The largest absolute Gasteiger partial charge is 0.472 e. The molecule has 0 aromatic heterocycles. The summed E-state index contributed by atoms with van der Waals surface area (Å²) < 4.78 is 32.6. The van der Waals surface area contributed by atoms with Gasteiger partial charge in [0.2, 0.25) is 0 Å². The van der Waals surface area contributed by atoms with E-state index < -0.39 is 32.5 Å². The van der Waals surface area contributed by atoms with Crippen LogP contribution in [0.25, 0.3) is 0 Å². The van der Waals surface area contributed by atoms with Crippen LogP contribution in [0.5, 0.6) is 0 Å². The fourth-order valence-corrected chi connectivity index (χ4v) is 6.02. The maximum absolute atomic E-state index is 12.5. The number of carbonyl (C=O) groups is 2. The van der Waals surface area contributed by atoms with Gasteiger partial charge in [-0.3, -0.25) is 18.6 Å². The SMILES string of the molecule is CC/C=C/C/C=C/C/C=C/CCCCCCCC(=O)O[C@H](COC(=O)CC/C=C/CCCCCCCCCCCCC)COP(=O)(O)OCCN. The highest BCUT2D eigenvalue weighted by molar-refractivity contribution is 7.47. The van der Waals surface area contributed by atoms with Crippen molar-refractivity contribution in [1.29, 1.82) is 0 Å². The van der Waals surface area contributed by atoms with E-state index in [1.165, 1.54) is 64.2 Å². The number of ether oxygens (including phenoxy) is 2. The lowest BCUT2D eigenvalue weighted by molar-refractivity contribution is -0.161. The van der Waals surface area contributed by atoms with Crippen LogP contribution in [0, 0.1) is 0 Å². The first-order valence-electron chi connectivity index (χ1n) is 20.1. The molecule has 0 bridgehead atoms. The zero-order valence-electron chi connectivity index (χ0n) is 32.3. The zero-order valence-corrected chi connectivity index (χ0v) is 33.2. The highest BCUT2D eigenvalue weighted by Gasteiger charge is 2.25. The van der Waals surface area contributed by atoms with E-state index in [1.807, 2.05) is 6.08 Å². The lowest BCUT2D eigenvalue weighted by atomic mass is 10.1.